The second-order valence-corrected chi connectivity index (χ2v) is 7.80. The zero-order valence-electron chi connectivity index (χ0n) is 17.4. The van der Waals surface area contributed by atoms with Crippen LogP contribution in [0.3, 0.4) is 0 Å². The number of H-pyrrole nitrogens is 1. The number of nitrogens with one attached hydrogen (secondary N) is 2. The van der Waals surface area contributed by atoms with E-state index in [0.717, 1.165) is 17.7 Å². The Labute approximate surface area is 186 Å². The van der Waals surface area contributed by atoms with Gasteiger partial charge < -0.3 is 14.8 Å². The van der Waals surface area contributed by atoms with Crippen LogP contribution < -0.4 is 14.8 Å². The molecule has 0 saturated heterocycles. The summed E-state index contributed by atoms with van der Waals surface area (Å²) < 4.78 is 11.9. The maximum absolute atomic E-state index is 6.08. The first kappa shape index (κ1) is 21.0. The van der Waals surface area contributed by atoms with E-state index < -0.39 is 6.10 Å². The van der Waals surface area contributed by atoms with E-state index in [1.54, 1.807) is 0 Å². The highest BCUT2D eigenvalue weighted by Crippen LogP contribution is 2.41. The summed E-state index contributed by atoms with van der Waals surface area (Å²) in [5.74, 6) is 1.75. The van der Waals surface area contributed by atoms with E-state index in [-0.39, 0.29) is 0 Å². The van der Waals surface area contributed by atoms with Crippen LogP contribution in [-0.4, -0.2) is 32.2 Å². The van der Waals surface area contributed by atoms with Crippen LogP contribution in [0.1, 0.15) is 49.2 Å². The molecule has 2 N–H and O–H groups in total. The number of thiocarbonyl (C=S) groups is 1. The summed E-state index contributed by atoms with van der Waals surface area (Å²) >= 11 is 5.51. The summed E-state index contributed by atoms with van der Waals surface area (Å²) in [4.78, 5) is 0.576. The Kier molecular flexibility index (Phi) is 6.89. The monoisotopic (exact) mass is 435 g/mol. The largest absolute Gasteiger partial charge is 0.485 e. The summed E-state index contributed by atoms with van der Waals surface area (Å²) in [7, 11) is 0. The molecule has 1 aliphatic heterocycles. The zero-order valence-corrected chi connectivity index (χ0v) is 18.2. The fourth-order valence-corrected chi connectivity index (χ4v) is 3.53. The number of rotatable bonds is 8. The van der Waals surface area contributed by atoms with Crippen molar-refractivity contribution in [1.29, 1.82) is 0 Å². The standard InChI is InChI=1S/C23H25N5O2S/c1-2-3-4-6-16-9-11-17(12-10-16)13-14-21(31)24-18-7-5-8-19-22(18)30-20(15-29-19)23-25-27-28-26-23/h5,7-14,20H,2-4,6,15H2,1H3,(H,24,31)(H,25,26,27,28). The van der Waals surface area contributed by atoms with Crippen LogP contribution in [0.2, 0.25) is 0 Å². The van der Waals surface area contributed by atoms with Crippen LogP contribution in [-0.2, 0) is 6.42 Å². The molecule has 8 heteroatoms. The SMILES string of the molecule is CCCCCc1ccc(C=CC(=S)Nc2cccc3c2OC(c2nnn[nH]2)CO3)cc1. The summed E-state index contributed by atoms with van der Waals surface area (Å²) in [5.41, 5.74) is 3.21. The van der Waals surface area contributed by atoms with E-state index in [1.807, 2.05) is 30.4 Å². The van der Waals surface area contributed by atoms with Gasteiger partial charge in [-0.25, -0.2) is 5.10 Å². The molecule has 1 atom stereocenters. The highest BCUT2D eigenvalue weighted by atomic mass is 32.1. The minimum atomic E-state index is -0.412. The van der Waals surface area contributed by atoms with E-state index in [4.69, 9.17) is 21.7 Å². The topological polar surface area (TPSA) is 85.0 Å². The smallest absolute Gasteiger partial charge is 0.193 e. The highest BCUT2D eigenvalue weighted by molar-refractivity contribution is 7.81. The van der Waals surface area contributed by atoms with Crippen molar-refractivity contribution in [2.24, 2.45) is 0 Å². The molecule has 3 aromatic rings. The second kappa shape index (κ2) is 10.2. The molecule has 0 fully saturated rings. The van der Waals surface area contributed by atoms with Gasteiger partial charge in [-0.05, 0) is 52.6 Å². The third kappa shape index (κ3) is 5.46. The minimum absolute atomic E-state index is 0.326. The Hall–Kier alpha value is -3.26. The normalized spacial score (nSPS) is 15.2. The molecule has 0 amide bonds. The van der Waals surface area contributed by atoms with Crippen molar-refractivity contribution in [3.05, 3.63) is 65.5 Å². The van der Waals surface area contributed by atoms with Crippen molar-refractivity contribution in [2.75, 3.05) is 11.9 Å². The van der Waals surface area contributed by atoms with Crippen LogP contribution in [0.25, 0.3) is 6.08 Å². The number of aromatic nitrogens is 4. The molecule has 0 bridgehead atoms. The van der Waals surface area contributed by atoms with Gasteiger partial charge in [-0.2, -0.15) is 0 Å². The average Bonchev–Trinajstić information content (AvgIpc) is 3.34. The lowest BCUT2D eigenvalue weighted by molar-refractivity contribution is 0.0861. The summed E-state index contributed by atoms with van der Waals surface area (Å²) in [6.07, 6.45) is 8.35. The van der Waals surface area contributed by atoms with Crippen molar-refractivity contribution in [3.63, 3.8) is 0 Å². The molecule has 160 valence electrons. The number of benzene rings is 2. The number of aromatic amines is 1. The number of anilines is 1. The maximum Gasteiger partial charge on any atom is 0.193 e. The van der Waals surface area contributed by atoms with Gasteiger partial charge in [0.25, 0.3) is 0 Å². The average molecular weight is 436 g/mol. The molecule has 1 aliphatic rings. The van der Waals surface area contributed by atoms with E-state index in [2.05, 4.69) is 57.1 Å². The van der Waals surface area contributed by atoms with Crippen LogP contribution >= 0.6 is 12.2 Å². The fraction of sp³-hybridized carbons (Fsp3) is 0.304. The first-order chi connectivity index (χ1) is 15.2. The number of hydrogen-bond acceptors (Lipinski definition) is 6. The van der Waals surface area contributed by atoms with E-state index in [1.165, 1.54) is 24.8 Å². The molecule has 0 spiro atoms. The summed E-state index contributed by atoms with van der Waals surface area (Å²) in [6.45, 7) is 2.55. The van der Waals surface area contributed by atoms with Crippen molar-refractivity contribution >= 4 is 29.0 Å². The van der Waals surface area contributed by atoms with Crippen LogP contribution in [0.5, 0.6) is 11.5 Å². The predicted octanol–water partition coefficient (Wildman–Crippen LogP) is 4.90. The molecule has 7 nitrogen and oxygen atoms in total. The molecular weight excluding hydrogens is 410 g/mol. The number of tetrazole rings is 1. The number of nitrogens with zero attached hydrogens (tertiary/aromatic N) is 3. The Balaban J connectivity index is 1.39. The van der Waals surface area contributed by atoms with Crippen LogP contribution in [0.15, 0.2) is 48.5 Å². The zero-order chi connectivity index (χ0) is 21.5. The van der Waals surface area contributed by atoms with Gasteiger partial charge >= 0.3 is 0 Å². The molecule has 0 radical (unpaired) electrons. The lowest BCUT2D eigenvalue weighted by atomic mass is 10.1. The van der Waals surface area contributed by atoms with E-state index in [9.17, 15) is 0 Å². The first-order valence-corrected chi connectivity index (χ1v) is 10.9. The Morgan fingerprint density at radius 2 is 2.10 bits per heavy atom. The van der Waals surface area contributed by atoms with Crippen molar-refractivity contribution in [3.8, 4) is 11.5 Å². The third-order valence-electron chi connectivity index (χ3n) is 5.03. The number of aryl methyl sites for hydroxylation is 1. The highest BCUT2D eigenvalue weighted by Gasteiger charge is 2.27. The molecule has 1 unspecified atom stereocenters. The van der Waals surface area contributed by atoms with Crippen molar-refractivity contribution in [2.45, 2.75) is 38.7 Å². The number of unbranched alkanes of at least 4 members (excludes halogenated alkanes) is 2. The Morgan fingerprint density at radius 1 is 1.23 bits per heavy atom. The van der Waals surface area contributed by atoms with Gasteiger partial charge in [0.2, 0.25) is 0 Å². The molecule has 0 aliphatic carbocycles. The van der Waals surface area contributed by atoms with E-state index >= 15 is 0 Å². The molecule has 31 heavy (non-hydrogen) atoms. The van der Waals surface area contributed by atoms with Gasteiger partial charge in [-0.3, -0.25) is 0 Å². The summed E-state index contributed by atoms with van der Waals surface area (Å²) in [5, 5.41) is 17.1. The number of fused-ring (bicyclic) bond motifs is 1. The fourth-order valence-electron chi connectivity index (χ4n) is 3.35. The summed E-state index contributed by atoms with van der Waals surface area (Å²) in [6, 6.07) is 14.3. The van der Waals surface area contributed by atoms with Crippen molar-refractivity contribution < 1.29 is 9.47 Å². The van der Waals surface area contributed by atoms with Crippen molar-refractivity contribution in [1.82, 2.24) is 20.6 Å². The lowest BCUT2D eigenvalue weighted by Crippen LogP contribution is -2.23. The van der Waals surface area contributed by atoms with Gasteiger partial charge in [-0.1, -0.05) is 68.4 Å². The minimum Gasteiger partial charge on any atom is -0.485 e. The molecular formula is C23H25N5O2S. The molecule has 2 aromatic carbocycles. The lowest BCUT2D eigenvalue weighted by Gasteiger charge is -2.26. The van der Waals surface area contributed by atoms with Gasteiger partial charge in [0.15, 0.2) is 23.4 Å². The van der Waals surface area contributed by atoms with Gasteiger partial charge in [0, 0.05) is 0 Å². The molecule has 2 heterocycles. The number of hydrogen-bond donors (Lipinski definition) is 2. The van der Waals surface area contributed by atoms with Gasteiger partial charge in [-0.15, -0.1) is 5.10 Å². The molecule has 4 rings (SSSR count). The van der Waals surface area contributed by atoms with Gasteiger partial charge in [0.1, 0.15) is 11.6 Å². The second-order valence-electron chi connectivity index (χ2n) is 7.36. The molecule has 0 saturated carbocycles. The number of ether oxygens (including phenoxy) is 2. The van der Waals surface area contributed by atoms with E-state index in [0.29, 0.717) is 28.9 Å². The first-order valence-electron chi connectivity index (χ1n) is 10.5. The quantitative estimate of drug-likeness (QED) is 0.296. The predicted molar refractivity (Wildman–Crippen MR) is 124 cm³/mol. The van der Waals surface area contributed by atoms with Gasteiger partial charge in [0.05, 0.1) is 5.69 Å². The third-order valence-corrected chi connectivity index (χ3v) is 5.27. The molecule has 1 aromatic heterocycles. The Morgan fingerprint density at radius 3 is 2.87 bits per heavy atom. The maximum atomic E-state index is 6.08. The van der Waals surface area contributed by atoms with Crippen LogP contribution in [0, 0.1) is 0 Å². The van der Waals surface area contributed by atoms with Crippen LogP contribution in [0.4, 0.5) is 5.69 Å². The Bertz CT molecular complexity index is 1030. The number of para-hydroxylation sites is 1.